The van der Waals surface area contributed by atoms with Gasteiger partial charge in [0.1, 0.15) is 11.6 Å². The molecule has 4 rings (SSSR count). The van der Waals surface area contributed by atoms with Gasteiger partial charge in [0.25, 0.3) is 5.91 Å². The number of amides is 2. The third kappa shape index (κ3) is 5.82. The number of imidazole rings is 1. The number of rotatable bonds is 8. The minimum absolute atomic E-state index is 0.0813. The number of anilines is 1. The van der Waals surface area contributed by atoms with Gasteiger partial charge in [0.05, 0.1) is 29.3 Å². The molecule has 2 aromatic heterocycles. The summed E-state index contributed by atoms with van der Waals surface area (Å²) in [5, 5.41) is 6.18. The van der Waals surface area contributed by atoms with Gasteiger partial charge in [-0.05, 0) is 54.6 Å². The van der Waals surface area contributed by atoms with E-state index in [0.717, 1.165) is 11.8 Å². The highest BCUT2D eigenvalue weighted by Crippen LogP contribution is 2.24. The van der Waals surface area contributed by atoms with Crippen LogP contribution in [0, 0.1) is 5.82 Å². The molecular formula is C23H18ClFN4O3S. The first-order valence-electron chi connectivity index (χ1n) is 9.81. The van der Waals surface area contributed by atoms with E-state index >= 15 is 0 Å². The van der Waals surface area contributed by atoms with Gasteiger partial charge >= 0.3 is 0 Å². The predicted octanol–water partition coefficient (Wildman–Crippen LogP) is 4.92. The van der Waals surface area contributed by atoms with Crippen molar-refractivity contribution in [3.63, 3.8) is 0 Å². The van der Waals surface area contributed by atoms with Gasteiger partial charge in [-0.15, -0.1) is 0 Å². The zero-order valence-electron chi connectivity index (χ0n) is 17.1. The average Bonchev–Trinajstić information content (AvgIpc) is 3.50. The molecule has 2 N–H and O–H groups in total. The molecule has 10 heteroatoms. The highest BCUT2D eigenvalue weighted by atomic mass is 35.5. The second-order valence-corrected chi connectivity index (χ2v) is 8.20. The molecule has 2 aromatic carbocycles. The van der Waals surface area contributed by atoms with Gasteiger partial charge in [0.2, 0.25) is 5.91 Å². The first-order chi connectivity index (χ1) is 16.0. The number of aromatic nitrogens is 2. The van der Waals surface area contributed by atoms with Crippen molar-refractivity contribution < 1.29 is 18.4 Å². The van der Waals surface area contributed by atoms with Crippen molar-refractivity contribution in [3.8, 4) is 5.69 Å². The Labute approximate surface area is 198 Å². The lowest BCUT2D eigenvalue weighted by Crippen LogP contribution is -2.22. The van der Waals surface area contributed by atoms with Crippen LogP contribution in [0.1, 0.15) is 16.1 Å². The third-order valence-corrected chi connectivity index (χ3v) is 5.83. The van der Waals surface area contributed by atoms with Crippen LogP contribution in [-0.4, -0.2) is 27.1 Å². The van der Waals surface area contributed by atoms with Crippen molar-refractivity contribution in [3.05, 3.63) is 95.4 Å². The molecule has 0 aliphatic heterocycles. The summed E-state index contributed by atoms with van der Waals surface area (Å²) in [5.74, 6) is -0.236. The highest BCUT2D eigenvalue weighted by molar-refractivity contribution is 7.99. The van der Waals surface area contributed by atoms with Crippen molar-refractivity contribution in [2.45, 2.75) is 11.7 Å². The molecule has 33 heavy (non-hydrogen) atoms. The van der Waals surface area contributed by atoms with Crippen LogP contribution < -0.4 is 10.6 Å². The molecule has 0 bridgehead atoms. The summed E-state index contributed by atoms with van der Waals surface area (Å²) >= 11 is 7.18. The van der Waals surface area contributed by atoms with Gasteiger partial charge in [0.15, 0.2) is 5.16 Å². The molecule has 2 heterocycles. The maximum atomic E-state index is 13.2. The van der Waals surface area contributed by atoms with Gasteiger partial charge in [-0.3, -0.25) is 14.2 Å². The summed E-state index contributed by atoms with van der Waals surface area (Å²) < 4.78 is 20.2. The fraction of sp³-hybridized carbons (Fsp3) is 0.0870. The Morgan fingerprint density at radius 3 is 2.70 bits per heavy atom. The second kappa shape index (κ2) is 10.4. The van der Waals surface area contributed by atoms with E-state index in [4.69, 9.17) is 16.0 Å². The number of carbonyl (C=O) groups excluding carboxylic acids is 2. The van der Waals surface area contributed by atoms with Crippen molar-refractivity contribution >= 4 is 40.9 Å². The van der Waals surface area contributed by atoms with E-state index in [1.54, 1.807) is 55.1 Å². The van der Waals surface area contributed by atoms with Crippen LogP contribution in [0.5, 0.6) is 0 Å². The van der Waals surface area contributed by atoms with Crippen molar-refractivity contribution in [2.24, 2.45) is 0 Å². The van der Waals surface area contributed by atoms with Crippen LogP contribution in [0.3, 0.4) is 0 Å². The molecule has 0 atom stereocenters. The van der Waals surface area contributed by atoms with Crippen molar-refractivity contribution in [1.82, 2.24) is 14.9 Å². The summed E-state index contributed by atoms with van der Waals surface area (Å²) in [4.78, 5) is 28.9. The van der Waals surface area contributed by atoms with E-state index in [0.29, 0.717) is 28.7 Å². The molecule has 0 aliphatic carbocycles. The molecule has 168 valence electrons. The number of benzene rings is 2. The van der Waals surface area contributed by atoms with Gasteiger partial charge < -0.3 is 15.1 Å². The van der Waals surface area contributed by atoms with E-state index in [-0.39, 0.29) is 22.6 Å². The second-order valence-electron chi connectivity index (χ2n) is 6.85. The Hall–Kier alpha value is -3.56. The van der Waals surface area contributed by atoms with Crippen LogP contribution in [0.25, 0.3) is 5.69 Å². The minimum Gasteiger partial charge on any atom is -0.467 e. The molecular weight excluding hydrogens is 467 g/mol. The van der Waals surface area contributed by atoms with E-state index in [2.05, 4.69) is 15.6 Å². The molecule has 7 nitrogen and oxygen atoms in total. The molecule has 0 unspecified atom stereocenters. The monoisotopic (exact) mass is 484 g/mol. The number of hydrogen-bond acceptors (Lipinski definition) is 5. The normalized spacial score (nSPS) is 10.7. The topological polar surface area (TPSA) is 89.2 Å². The molecule has 4 aromatic rings. The van der Waals surface area contributed by atoms with Crippen LogP contribution in [0.4, 0.5) is 10.1 Å². The lowest BCUT2D eigenvalue weighted by Gasteiger charge is -2.10. The van der Waals surface area contributed by atoms with Crippen molar-refractivity contribution in [1.29, 1.82) is 0 Å². The highest BCUT2D eigenvalue weighted by Gasteiger charge is 2.12. The maximum Gasteiger partial charge on any atom is 0.251 e. The fourth-order valence-electron chi connectivity index (χ4n) is 2.96. The Bertz CT molecular complexity index is 1260. The zero-order chi connectivity index (χ0) is 23.2. The summed E-state index contributed by atoms with van der Waals surface area (Å²) in [6.07, 6.45) is 4.95. The standard InChI is InChI=1S/C23H18ClFN4O3S/c24-19-12-16(25)5-8-20(19)28-21(30)14-33-23-26-9-10-29(23)17-6-3-15(4-7-17)22(31)27-13-18-2-1-11-32-18/h1-12H,13-14H2,(H,27,31)(H,28,30). The lowest BCUT2D eigenvalue weighted by molar-refractivity contribution is -0.113. The lowest BCUT2D eigenvalue weighted by atomic mass is 10.2. The van der Waals surface area contributed by atoms with Crippen LogP contribution >= 0.6 is 23.4 Å². The number of thioether (sulfide) groups is 1. The molecule has 0 spiro atoms. The van der Waals surface area contributed by atoms with Gasteiger partial charge in [-0.1, -0.05) is 23.4 Å². The fourth-order valence-corrected chi connectivity index (χ4v) is 3.94. The van der Waals surface area contributed by atoms with Gasteiger partial charge in [-0.25, -0.2) is 9.37 Å². The Kier molecular flexibility index (Phi) is 7.11. The average molecular weight is 485 g/mol. The molecule has 0 saturated heterocycles. The SMILES string of the molecule is O=C(CSc1nccn1-c1ccc(C(=O)NCc2ccco2)cc1)Nc1ccc(F)cc1Cl. The number of carbonyl (C=O) groups is 2. The molecule has 0 radical (unpaired) electrons. The smallest absolute Gasteiger partial charge is 0.251 e. The van der Waals surface area contributed by atoms with Gasteiger partial charge in [0, 0.05) is 23.6 Å². The Morgan fingerprint density at radius 2 is 1.97 bits per heavy atom. The number of nitrogens with one attached hydrogen (secondary N) is 2. The predicted molar refractivity (Wildman–Crippen MR) is 124 cm³/mol. The molecule has 2 amide bonds. The van der Waals surface area contributed by atoms with Gasteiger partial charge in [-0.2, -0.15) is 0 Å². The molecule has 0 aliphatic rings. The summed E-state index contributed by atoms with van der Waals surface area (Å²) in [6.45, 7) is 0.307. The van der Waals surface area contributed by atoms with Crippen LogP contribution in [0.15, 0.2) is 82.8 Å². The molecule has 0 fully saturated rings. The summed E-state index contributed by atoms with van der Waals surface area (Å²) in [6, 6.07) is 14.3. The quantitative estimate of drug-likeness (QED) is 0.346. The Balaban J connectivity index is 1.35. The number of halogens is 2. The van der Waals surface area contributed by atoms with E-state index in [9.17, 15) is 14.0 Å². The number of furan rings is 1. The van der Waals surface area contributed by atoms with Crippen LogP contribution in [0.2, 0.25) is 5.02 Å². The summed E-state index contributed by atoms with van der Waals surface area (Å²) in [5.41, 5.74) is 1.64. The number of hydrogen-bond donors (Lipinski definition) is 2. The maximum absolute atomic E-state index is 13.2. The van der Waals surface area contributed by atoms with Crippen molar-refractivity contribution in [2.75, 3.05) is 11.1 Å². The largest absolute Gasteiger partial charge is 0.467 e. The van der Waals surface area contributed by atoms with E-state index in [1.165, 1.54) is 23.9 Å². The first-order valence-corrected chi connectivity index (χ1v) is 11.2. The molecule has 0 saturated carbocycles. The third-order valence-electron chi connectivity index (χ3n) is 4.56. The first kappa shape index (κ1) is 22.6. The van der Waals surface area contributed by atoms with E-state index in [1.807, 2.05) is 4.57 Å². The zero-order valence-corrected chi connectivity index (χ0v) is 18.7. The minimum atomic E-state index is -0.476. The van der Waals surface area contributed by atoms with E-state index < -0.39 is 5.82 Å². The summed E-state index contributed by atoms with van der Waals surface area (Å²) in [7, 11) is 0. The Morgan fingerprint density at radius 1 is 1.15 bits per heavy atom. The number of nitrogens with zero attached hydrogens (tertiary/aromatic N) is 2. The van der Waals surface area contributed by atoms with Crippen LogP contribution in [-0.2, 0) is 11.3 Å².